The predicted octanol–water partition coefficient (Wildman–Crippen LogP) is 6.29. The van der Waals surface area contributed by atoms with E-state index in [1.807, 2.05) is 0 Å². The molecule has 0 saturated heterocycles. The van der Waals surface area contributed by atoms with Gasteiger partial charge in [-0.05, 0) is 27.2 Å². The third kappa shape index (κ3) is 4.02. The zero-order valence-electron chi connectivity index (χ0n) is 13.7. The minimum Gasteiger partial charge on any atom is -0.258 e. The molecule has 0 N–H and O–H groups in total. The Bertz CT molecular complexity index is 913. The van der Waals surface area contributed by atoms with Gasteiger partial charge in [0.25, 0.3) is 5.69 Å². The normalized spacial score (nSPS) is 18.7. The number of nitro groups is 1. The fourth-order valence-electron chi connectivity index (χ4n) is 2.59. The Morgan fingerprint density at radius 1 is 1.00 bits per heavy atom. The number of halogens is 9. The first-order valence-electron chi connectivity index (χ1n) is 7.30. The van der Waals surface area contributed by atoms with Crippen LogP contribution in [0.1, 0.15) is 12.0 Å². The molecular weight excluding hydrogens is 567 g/mol. The highest BCUT2D eigenvalue weighted by molar-refractivity contribution is 9.12. The molecule has 29 heavy (non-hydrogen) atoms. The number of nitrogens with zero attached hydrogens (tertiary/aromatic N) is 1. The standard InChI is InChI=1S/C15H8Br2F7NO3S/c16-8-5-9(17)7-12(6-8,10-3-1-2-4-11(10)25(26)27)29(28)15(23,24)13(18,19)14(20,21)22/h1-4,6-7H,5H2. The second kappa shape index (κ2) is 7.76. The highest BCUT2D eigenvalue weighted by Gasteiger charge is 2.77. The SMILES string of the molecule is O=[N+]([O-])c1ccccc1C1(S(=O)C(F)(F)C(F)(F)C(F)(F)F)C=C(Br)CC(Br)=C1. The number of alkyl halides is 7. The smallest absolute Gasteiger partial charge is 0.258 e. The van der Waals surface area contributed by atoms with Gasteiger partial charge in [0.05, 0.1) is 10.5 Å². The maximum Gasteiger partial charge on any atom is 0.461 e. The van der Waals surface area contributed by atoms with Crippen LogP contribution in [0.5, 0.6) is 0 Å². The van der Waals surface area contributed by atoms with Crippen LogP contribution >= 0.6 is 31.9 Å². The monoisotopic (exact) mass is 573 g/mol. The van der Waals surface area contributed by atoms with E-state index >= 15 is 0 Å². The van der Waals surface area contributed by atoms with Crippen LogP contribution in [0.25, 0.3) is 0 Å². The number of hydrogen-bond acceptors (Lipinski definition) is 3. The Kier molecular flexibility index (Phi) is 6.42. The van der Waals surface area contributed by atoms with Gasteiger partial charge in [-0.3, -0.25) is 14.3 Å². The number of hydrogen-bond donors (Lipinski definition) is 0. The van der Waals surface area contributed by atoms with Crippen molar-refractivity contribution in [1.29, 1.82) is 0 Å². The molecular formula is C15H8Br2F7NO3S. The molecule has 1 aromatic carbocycles. The molecule has 0 aliphatic heterocycles. The van der Waals surface area contributed by atoms with E-state index in [1.54, 1.807) is 0 Å². The zero-order valence-corrected chi connectivity index (χ0v) is 17.6. The molecule has 0 bridgehead atoms. The third-order valence-corrected chi connectivity index (χ3v) is 6.67. The van der Waals surface area contributed by atoms with E-state index in [0.29, 0.717) is 12.2 Å². The van der Waals surface area contributed by atoms with Gasteiger partial charge in [-0.15, -0.1) is 0 Å². The topological polar surface area (TPSA) is 60.2 Å². The Labute approximate surface area is 177 Å². The van der Waals surface area contributed by atoms with Crippen LogP contribution in [-0.2, 0) is 15.5 Å². The van der Waals surface area contributed by atoms with Crippen molar-refractivity contribution in [3.8, 4) is 0 Å². The lowest BCUT2D eigenvalue weighted by atomic mass is 9.92. The van der Waals surface area contributed by atoms with Crippen molar-refractivity contribution >= 4 is 48.3 Å². The summed E-state index contributed by atoms with van der Waals surface area (Å²) in [4.78, 5) is 10.3. The van der Waals surface area contributed by atoms with Gasteiger partial charge in [-0.2, -0.15) is 30.7 Å². The lowest BCUT2D eigenvalue weighted by Crippen LogP contribution is -2.57. The van der Waals surface area contributed by atoms with Gasteiger partial charge in [0.2, 0.25) is 0 Å². The molecule has 0 spiro atoms. The number of nitro benzene ring substituents is 1. The summed E-state index contributed by atoms with van der Waals surface area (Å²) in [7, 11) is -4.33. The van der Waals surface area contributed by atoms with Gasteiger partial charge in [0.15, 0.2) is 0 Å². The molecule has 4 nitrogen and oxygen atoms in total. The summed E-state index contributed by atoms with van der Waals surface area (Å²) in [6.45, 7) is 0. The number of rotatable bonds is 5. The van der Waals surface area contributed by atoms with E-state index in [0.717, 1.165) is 24.3 Å². The van der Waals surface area contributed by atoms with E-state index in [1.165, 1.54) is 0 Å². The fraction of sp³-hybridized carbons (Fsp3) is 0.333. The minimum absolute atomic E-state index is 0.00972. The van der Waals surface area contributed by atoms with E-state index in [2.05, 4.69) is 31.9 Å². The van der Waals surface area contributed by atoms with Gasteiger partial charge < -0.3 is 0 Å². The maximum atomic E-state index is 14.4. The predicted molar refractivity (Wildman–Crippen MR) is 97.5 cm³/mol. The first-order chi connectivity index (χ1) is 13.1. The quantitative estimate of drug-likeness (QED) is 0.236. The van der Waals surface area contributed by atoms with Crippen molar-refractivity contribution in [3.05, 3.63) is 61.1 Å². The molecule has 14 heteroatoms. The summed E-state index contributed by atoms with van der Waals surface area (Å²) in [5.41, 5.74) is -1.63. The average molecular weight is 575 g/mol. The zero-order chi connectivity index (χ0) is 22.4. The molecule has 0 saturated carbocycles. The first-order valence-corrected chi connectivity index (χ1v) is 10.0. The van der Waals surface area contributed by atoms with Crippen molar-refractivity contribution in [3.63, 3.8) is 0 Å². The van der Waals surface area contributed by atoms with Crippen LogP contribution in [0.4, 0.5) is 36.4 Å². The second-order valence-corrected chi connectivity index (χ2v) is 9.55. The van der Waals surface area contributed by atoms with Crippen molar-refractivity contribution < 1.29 is 39.9 Å². The minimum atomic E-state index is -6.72. The van der Waals surface area contributed by atoms with E-state index in [-0.39, 0.29) is 15.4 Å². The molecule has 0 heterocycles. The van der Waals surface area contributed by atoms with Crippen LogP contribution in [0.2, 0.25) is 0 Å². The molecule has 1 atom stereocenters. The highest BCUT2D eigenvalue weighted by Crippen LogP contribution is 2.55. The highest BCUT2D eigenvalue weighted by atomic mass is 79.9. The van der Waals surface area contributed by atoms with Crippen molar-refractivity contribution in [2.45, 2.75) is 28.5 Å². The molecule has 0 radical (unpaired) electrons. The summed E-state index contributed by atoms with van der Waals surface area (Å²) >= 11 is 5.84. The molecule has 1 aliphatic rings. The molecule has 0 fully saturated rings. The maximum absolute atomic E-state index is 14.4. The van der Waals surface area contributed by atoms with Crippen molar-refractivity contribution in [2.75, 3.05) is 0 Å². The molecule has 0 aromatic heterocycles. The lowest BCUT2D eigenvalue weighted by molar-refractivity contribution is -0.385. The molecule has 1 aliphatic carbocycles. The Hall–Kier alpha value is -1.28. The van der Waals surface area contributed by atoms with Gasteiger partial charge in [-0.25, -0.2) is 0 Å². The number of benzene rings is 1. The molecule has 0 amide bonds. The largest absolute Gasteiger partial charge is 0.461 e. The van der Waals surface area contributed by atoms with Gasteiger partial charge in [0.1, 0.15) is 15.5 Å². The summed E-state index contributed by atoms with van der Waals surface area (Å²) in [5.74, 6) is -6.67. The van der Waals surface area contributed by atoms with Gasteiger partial charge in [-0.1, -0.05) is 44.0 Å². The number of allylic oxidation sites excluding steroid dienone is 2. The van der Waals surface area contributed by atoms with Crippen LogP contribution in [0.15, 0.2) is 45.4 Å². The molecule has 160 valence electrons. The number of para-hydroxylation sites is 1. The Balaban J connectivity index is 2.87. The Morgan fingerprint density at radius 3 is 1.93 bits per heavy atom. The van der Waals surface area contributed by atoms with E-state index in [4.69, 9.17) is 0 Å². The van der Waals surface area contributed by atoms with Crippen LogP contribution in [-0.4, -0.2) is 26.5 Å². The molecule has 1 unspecified atom stereocenters. The van der Waals surface area contributed by atoms with E-state index < -0.39 is 49.1 Å². The third-order valence-electron chi connectivity index (χ3n) is 3.86. The van der Waals surface area contributed by atoms with Crippen LogP contribution < -0.4 is 0 Å². The van der Waals surface area contributed by atoms with Crippen molar-refractivity contribution in [2.24, 2.45) is 0 Å². The summed E-state index contributed by atoms with van der Waals surface area (Å²) in [5, 5.41) is 5.20. The fourth-order valence-corrected chi connectivity index (χ4v) is 6.24. The first kappa shape index (κ1) is 24.0. The van der Waals surface area contributed by atoms with Crippen molar-refractivity contribution in [1.82, 2.24) is 0 Å². The second-order valence-electron chi connectivity index (χ2n) is 5.78. The average Bonchev–Trinajstić information content (AvgIpc) is 2.58. The van der Waals surface area contributed by atoms with Crippen LogP contribution in [0, 0.1) is 10.1 Å². The molecule has 1 aromatic rings. The van der Waals surface area contributed by atoms with Gasteiger partial charge >= 0.3 is 17.4 Å². The van der Waals surface area contributed by atoms with Crippen LogP contribution in [0.3, 0.4) is 0 Å². The lowest BCUT2D eigenvalue weighted by Gasteiger charge is -2.36. The molecule has 2 rings (SSSR count). The van der Waals surface area contributed by atoms with Gasteiger partial charge in [0, 0.05) is 12.5 Å². The summed E-state index contributed by atoms with van der Waals surface area (Å²) in [6.07, 6.45) is -5.33. The van der Waals surface area contributed by atoms with E-state index in [9.17, 15) is 45.1 Å². The Morgan fingerprint density at radius 2 is 1.48 bits per heavy atom. The summed E-state index contributed by atoms with van der Waals surface area (Å²) in [6, 6.07) is 3.92. The summed E-state index contributed by atoms with van der Waals surface area (Å²) < 4.78 is 104.